The van der Waals surface area contributed by atoms with E-state index < -0.39 is 54.4 Å². The van der Waals surface area contributed by atoms with Gasteiger partial charge in [0, 0.05) is 43.3 Å². The molecule has 0 amide bonds. The van der Waals surface area contributed by atoms with Crippen LogP contribution in [-0.4, -0.2) is 15.0 Å². The van der Waals surface area contributed by atoms with Crippen molar-refractivity contribution in [1.82, 2.24) is 15.0 Å². The molecule has 0 N–H and O–H groups in total. The van der Waals surface area contributed by atoms with E-state index in [9.17, 15) is 2.74 Å². The van der Waals surface area contributed by atoms with Crippen molar-refractivity contribution in [3.8, 4) is 67.5 Å². The second-order valence-corrected chi connectivity index (χ2v) is 13.1. The second-order valence-electron chi connectivity index (χ2n) is 12.7. The topological polar surface area (TPSA) is 51.8 Å². The molecule has 5 heteroatoms. The third kappa shape index (κ3) is 5.63. The largest absolute Gasteiger partial charge is 0.455 e. The number of furan rings is 1. The lowest BCUT2D eigenvalue weighted by atomic mass is 9.94. The Labute approximate surface area is 330 Å². The van der Waals surface area contributed by atoms with Gasteiger partial charge in [0.05, 0.1) is 12.3 Å². The summed E-state index contributed by atoms with van der Waals surface area (Å²) in [6.45, 7) is 0. The summed E-state index contributed by atoms with van der Waals surface area (Å²) in [7, 11) is 0. The summed E-state index contributed by atoms with van der Waals surface area (Å²) in [4.78, 5) is 15.5. The number of rotatable bonds is 6. The van der Waals surface area contributed by atoms with Gasteiger partial charge in [0.2, 0.25) is 0 Å². The van der Waals surface area contributed by atoms with E-state index in [0.717, 1.165) is 38.3 Å². The Balaban J connectivity index is 1.23. The molecule has 2 heterocycles. The van der Waals surface area contributed by atoms with E-state index in [4.69, 9.17) is 41.6 Å². The lowest BCUT2D eigenvalue weighted by Crippen LogP contribution is -2.00. The first-order valence-corrected chi connectivity index (χ1v) is 17.6. The molecule has 0 aliphatic heterocycles. The van der Waals surface area contributed by atoms with E-state index in [0.29, 0.717) is 11.1 Å². The highest BCUT2D eigenvalue weighted by atomic mass is 32.1. The number of benzene rings is 8. The van der Waals surface area contributed by atoms with E-state index in [1.165, 1.54) is 0 Å². The molecule has 0 aliphatic rings. The van der Waals surface area contributed by atoms with Crippen LogP contribution in [0, 0.1) is 0 Å². The van der Waals surface area contributed by atoms with Crippen molar-refractivity contribution in [1.29, 1.82) is 0 Å². The smallest absolute Gasteiger partial charge is 0.164 e. The third-order valence-corrected chi connectivity index (χ3v) is 9.79. The van der Waals surface area contributed by atoms with Gasteiger partial charge in [0.15, 0.2) is 17.5 Å². The molecule has 0 radical (unpaired) electrons. The van der Waals surface area contributed by atoms with Crippen molar-refractivity contribution in [2.24, 2.45) is 0 Å². The minimum absolute atomic E-state index is 0.000474. The Morgan fingerprint density at radius 2 is 1.06 bits per heavy atom. The van der Waals surface area contributed by atoms with Gasteiger partial charge in [-0.1, -0.05) is 164 Å². The van der Waals surface area contributed by atoms with Crippen LogP contribution in [0.25, 0.3) is 100 Å². The maximum Gasteiger partial charge on any atom is 0.164 e. The highest BCUT2D eigenvalue weighted by Crippen LogP contribution is 2.40. The van der Waals surface area contributed by atoms with E-state index in [1.807, 2.05) is 121 Å². The highest BCUT2D eigenvalue weighted by Gasteiger charge is 2.19. The molecule has 0 bridgehead atoms. The lowest BCUT2D eigenvalue weighted by molar-refractivity contribution is 0.672. The maximum atomic E-state index is 9.32. The molecule has 4 nitrogen and oxygen atoms in total. The fraction of sp³-hybridized carbons (Fsp3) is 0. The summed E-state index contributed by atoms with van der Waals surface area (Å²) < 4.78 is 85.6. The Hall–Kier alpha value is -6.82. The summed E-state index contributed by atoms with van der Waals surface area (Å²) in [6.07, 6.45) is 0. The van der Waals surface area contributed by atoms with Crippen LogP contribution in [0.3, 0.4) is 0 Å². The van der Waals surface area contributed by atoms with Gasteiger partial charge in [-0.2, -0.15) is 0 Å². The van der Waals surface area contributed by atoms with Crippen molar-refractivity contribution in [2.45, 2.75) is 4.90 Å². The van der Waals surface area contributed by atoms with Crippen LogP contribution < -0.4 is 0 Å². The Morgan fingerprint density at radius 1 is 0.444 bits per heavy atom. The summed E-state index contributed by atoms with van der Waals surface area (Å²) in [6, 6.07) is 36.7. The third-order valence-electron chi connectivity index (χ3n) is 9.42. The van der Waals surface area contributed by atoms with Crippen molar-refractivity contribution < 1.29 is 16.8 Å². The molecule has 0 atom stereocenters. The van der Waals surface area contributed by atoms with Crippen LogP contribution in [0.2, 0.25) is 0 Å². The zero-order valence-corrected chi connectivity index (χ0v) is 29.2. The van der Waals surface area contributed by atoms with Gasteiger partial charge in [-0.15, -0.1) is 12.6 Å². The lowest BCUT2D eigenvalue weighted by Gasteiger charge is -2.14. The summed E-state index contributed by atoms with van der Waals surface area (Å²) >= 11 is 4.84. The molecule has 10 aromatic rings. The Morgan fingerprint density at radius 3 is 1.78 bits per heavy atom. The molecule has 0 saturated heterocycles. The molecule has 0 aliphatic carbocycles. The number of aromatic nitrogens is 3. The molecule has 2 aromatic heterocycles. The van der Waals surface area contributed by atoms with Gasteiger partial charge in [-0.25, -0.2) is 15.0 Å². The normalized spacial score (nSPS) is 13.8. The summed E-state index contributed by atoms with van der Waals surface area (Å²) in [5, 5.41) is -0.429. The molecular formula is C49H31N3OS. The van der Waals surface area contributed by atoms with Crippen LogP contribution in [0.5, 0.6) is 0 Å². The van der Waals surface area contributed by atoms with Gasteiger partial charge < -0.3 is 4.42 Å². The minimum atomic E-state index is -0.568. The summed E-state index contributed by atoms with van der Waals surface area (Å²) in [5.74, 6) is 0.398. The maximum absolute atomic E-state index is 9.32. The number of thiol groups is 1. The average Bonchev–Trinajstić information content (AvgIpc) is 3.71. The number of hydrogen-bond donors (Lipinski definition) is 1. The molecule has 0 saturated carbocycles. The number of hydrogen-bond acceptors (Lipinski definition) is 5. The van der Waals surface area contributed by atoms with Gasteiger partial charge in [0.25, 0.3) is 0 Å². The van der Waals surface area contributed by atoms with Crippen LogP contribution in [0.15, 0.2) is 191 Å². The molecule has 0 spiro atoms. The van der Waals surface area contributed by atoms with Crippen LogP contribution in [-0.2, 0) is 0 Å². The molecule has 54 heavy (non-hydrogen) atoms. The predicted octanol–water partition coefficient (Wildman–Crippen LogP) is 13.2. The van der Waals surface area contributed by atoms with Crippen molar-refractivity contribution in [3.63, 3.8) is 0 Å². The standard InChI is InChI=1S/C49H31N3OS/c54-43-20-10-17-38(33-13-5-2-6-14-33)44(43)35-23-27-37(28-24-35)48-50-47(36-25-21-32(22-26-36)31-11-3-1-4-12-31)51-49(52-48)41-18-9-19-42-45(41)40-30-29-34-15-7-8-16-39(34)46(40)53-42/h1-30,54H/i7D,8D,9D,15D,16D,18D,19D,29D,30D. The Bertz CT molecular complexity index is 3490. The zero-order valence-electron chi connectivity index (χ0n) is 37.3. The molecule has 8 aromatic carbocycles. The fourth-order valence-corrected chi connectivity index (χ4v) is 7.15. The quantitative estimate of drug-likeness (QED) is 0.174. The van der Waals surface area contributed by atoms with Gasteiger partial charge in [-0.05, 0) is 51.4 Å². The predicted molar refractivity (Wildman–Crippen MR) is 224 cm³/mol. The summed E-state index contributed by atoms with van der Waals surface area (Å²) in [5.41, 5.74) is 6.65. The van der Waals surface area contributed by atoms with Crippen LogP contribution in [0.1, 0.15) is 12.3 Å². The second kappa shape index (κ2) is 13.3. The van der Waals surface area contributed by atoms with E-state index in [1.54, 1.807) is 0 Å². The number of nitrogens with zero attached hydrogens (tertiary/aromatic N) is 3. The first kappa shape index (κ1) is 23.7. The average molecular weight is 719 g/mol. The van der Waals surface area contributed by atoms with Crippen LogP contribution in [0.4, 0.5) is 0 Å². The van der Waals surface area contributed by atoms with E-state index in [2.05, 4.69) is 6.07 Å². The Kier molecular flexibility index (Phi) is 5.83. The first-order chi connectivity index (χ1) is 30.4. The first-order valence-electron chi connectivity index (χ1n) is 21.7. The molecular weight excluding hydrogens is 679 g/mol. The molecule has 254 valence electrons. The molecule has 0 fully saturated rings. The monoisotopic (exact) mass is 718 g/mol. The number of fused-ring (bicyclic) bond motifs is 5. The van der Waals surface area contributed by atoms with Crippen molar-refractivity contribution in [3.05, 3.63) is 182 Å². The van der Waals surface area contributed by atoms with E-state index in [-0.39, 0.29) is 55.7 Å². The SMILES string of the molecule is [2H]c1c([2H])c(-c2nc(-c3ccc(-c4ccccc4)cc3)nc(-c3ccc(-c4c(S)cccc4-c4ccccc4)cc3)n2)c2c(oc3c4c([2H])c([2H])c([2H])c([2H])c4c([2H])c([2H])c32)c1[2H]. The van der Waals surface area contributed by atoms with Crippen molar-refractivity contribution >= 4 is 45.3 Å². The molecule has 0 unspecified atom stereocenters. The minimum Gasteiger partial charge on any atom is -0.455 e. The van der Waals surface area contributed by atoms with Gasteiger partial charge in [0.1, 0.15) is 11.2 Å². The van der Waals surface area contributed by atoms with Crippen LogP contribution >= 0.6 is 12.6 Å². The fourth-order valence-electron chi connectivity index (χ4n) is 6.81. The molecule has 10 rings (SSSR count). The highest BCUT2D eigenvalue weighted by molar-refractivity contribution is 7.80. The van der Waals surface area contributed by atoms with Gasteiger partial charge >= 0.3 is 0 Å². The zero-order chi connectivity index (χ0) is 43.8. The van der Waals surface area contributed by atoms with E-state index >= 15 is 0 Å². The van der Waals surface area contributed by atoms with Gasteiger partial charge in [-0.3, -0.25) is 0 Å². The van der Waals surface area contributed by atoms with Crippen molar-refractivity contribution in [2.75, 3.05) is 0 Å².